The van der Waals surface area contributed by atoms with Gasteiger partial charge in [-0.15, -0.1) is 0 Å². The van der Waals surface area contributed by atoms with E-state index in [-0.39, 0.29) is 22.5 Å². The van der Waals surface area contributed by atoms with Gasteiger partial charge in [-0.3, -0.25) is 0 Å². The van der Waals surface area contributed by atoms with Gasteiger partial charge in [0.05, 0.1) is 0 Å². The predicted molar refractivity (Wildman–Crippen MR) is 145 cm³/mol. The molecule has 0 saturated heterocycles. The van der Waals surface area contributed by atoms with E-state index < -0.39 is 0 Å². The highest BCUT2D eigenvalue weighted by atomic mass is 19.1. The first-order chi connectivity index (χ1) is 18.1. The Morgan fingerprint density at radius 3 is 1.21 bits per heavy atom. The van der Waals surface area contributed by atoms with Gasteiger partial charge >= 0.3 is 0 Å². The summed E-state index contributed by atoms with van der Waals surface area (Å²) in [6, 6.07) is 22.4. The summed E-state index contributed by atoms with van der Waals surface area (Å²) in [6.07, 6.45) is 8.52. The number of pyridine rings is 2. The zero-order valence-corrected chi connectivity index (χ0v) is 21.9. The van der Waals surface area contributed by atoms with Gasteiger partial charge in [0, 0.05) is 58.4 Å². The van der Waals surface area contributed by atoms with Crippen LogP contribution in [0.2, 0.25) is 0 Å². The number of aromatic nitrogens is 2. The Morgan fingerprint density at radius 1 is 0.474 bits per heavy atom. The molecule has 2 nitrogen and oxygen atoms in total. The minimum Gasteiger partial charge on any atom is -0.207 e. The zero-order valence-electron chi connectivity index (χ0n) is 21.9. The Bertz CT molecular complexity index is 1630. The smallest absolute Gasteiger partial charge is 0.207 e. The van der Waals surface area contributed by atoms with E-state index in [2.05, 4.69) is 85.9 Å². The highest BCUT2D eigenvalue weighted by Crippen LogP contribution is 2.55. The van der Waals surface area contributed by atoms with Crippen LogP contribution in [0.3, 0.4) is 0 Å². The van der Waals surface area contributed by atoms with Gasteiger partial charge < -0.3 is 0 Å². The van der Waals surface area contributed by atoms with Crippen molar-refractivity contribution in [3.63, 3.8) is 0 Å². The summed E-state index contributed by atoms with van der Waals surface area (Å²) >= 11 is 0. The van der Waals surface area contributed by atoms with Crippen molar-refractivity contribution < 1.29 is 17.9 Å². The van der Waals surface area contributed by atoms with Crippen LogP contribution in [0.5, 0.6) is 0 Å². The van der Waals surface area contributed by atoms with Crippen molar-refractivity contribution in [1.82, 2.24) is 0 Å². The van der Waals surface area contributed by atoms with Gasteiger partial charge in [0.2, 0.25) is 11.4 Å². The summed E-state index contributed by atoms with van der Waals surface area (Å²) < 4.78 is 31.2. The Labute approximate surface area is 221 Å². The number of hydrogen-bond acceptors (Lipinski definition) is 0. The second kappa shape index (κ2) is 7.67. The normalized spacial score (nSPS) is 15.5. The van der Waals surface area contributed by atoms with Gasteiger partial charge in [0.1, 0.15) is 11.6 Å². The Hall–Kier alpha value is -4.18. The Kier molecular flexibility index (Phi) is 4.64. The molecule has 0 atom stereocenters. The number of halogens is 2. The molecule has 0 fully saturated rings. The Morgan fingerprint density at radius 2 is 0.842 bits per heavy atom. The monoisotopic (exact) mass is 502 g/mol. The fraction of sp³-hybridized carbons (Fsp3) is 0.176. The van der Waals surface area contributed by atoms with Crippen LogP contribution in [0.1, 0.15) is 49.9 Å². The average molecular weight is 503 g/mol. The average Bonchev–Trinajstić information content (AvgIpc) is 3.27. The summed E-state index contributed by atoms with van der Waals surface area (Å²) in [5, 5.41) is 0. The zero-order chi connectivity index (χ0) is 26.4. The van der Waals surface area contributed by atoms with E-state index in [1.807, 2.05) is 24.3 Å². The predicted octanol–water partition coefficient (Wildman–Crippen LogP) is 7.13. The maximum atomic E-state index is 13.5. The van der Waals surface area contributed by atoms with Crippen LogP contribution in [0.15, 0.2) is 97.6 Å². The molecule has 4 heteroatoms. The number of rotatable bonds is 2. The molecule has 2 aromatic heterocycles. The van der Waals surface area contributed by atoms with Crippen molar-refractivity contribution in [1.29, 1.82) is 0 Å². The molecule has 2 heterocycles. The third-order valence-corrected chi connectivity index (χ3v) is 8.60. The molecule has 2 aliphatic carbocycles. The lowest BCUT2D eigenvalue weighted by Crippen LogP contribution is -2.32. The largest absolute Gasteiger partial charge is 0.210 e. The molecule has 0 bridgehead atoms. The molecule has 186 valence electrons. The van der Waals surface area contributed by atoms with Gasteiger partial charge in [0.15, 0.2) is 24.8 Å². The first-order valence-corrected chi connectivity index (χ1v) is 13.0. The molecule has 5 aromatic rings. The highest BCUT2D eigenvalue weighted by molar-refractivity contribution is 5.88. The molecule has 7 rings (SSSR count). The second-order valence-electron chi connectivity index (χ2n) is 11.5. The summed E-state index contributed by atoms with van der Waals surface area (Å²) in [4.78, 5) is 0. The van der Waals surface area contributed by atoms with Gasteiger partial charge in [-0.2, -0.15) is 9.13 Å². The van der Waals surface area contributed by atoms with Crippen LogP contribution in [0.25, 0.3) is 33.6 Å². The quantitative estimate of drug-likeness (QED) is 0.227. The van der Waals surface area contributed by atoms with E-state index >= 15 is 0 Å². The molecule has 0 radical (unpaired) electrons. The van der Waals surface area contributed by atoms with Crippen LogP contribution >= 0.6 is 0 Å². The molecular formula is C34H28F2N2+2. The van der Waals surface area contributed by atoms with Crippen LogP contribution in [-0.2, 0) is 10.8 Å². The fourth-order valence-electron chi connectivity index (χ4n) is 6.38. The van der Waals surface area contributed by atoms with E-state index in [0.717, 1.165) is 11.4 Å². The fourth-order valence-corrected chi connectivity index (χ4v) is 6.38. The van der Waals surface area contributed by atoms with Crippen LogP contribution in [-0.4, -0.2) is 0 Å². The second-order valence-corrected chi connectivity index (χ2v) is 11.5. The highest BCUT2D eigenvalue weighted by Gasteiger charge is 2.43. The molecule has 0 unspecified atom stereocenters. The van der Waals surface area contributed by atoms with Gasteiger partial charge in [-0.25, -0.2) is 8.78 Å². The summed E-state index contributed by atoms with van der Waals surface area (Å²) in [6.45, 7) is 9.14. The van der Waals surface area contributed by atoms with Crippen LogP contribution < -0.4 is 9.13 Å². The molecule has 0 aliphatic heterocycles. The lowest BCUT2D eigenvalue weighted by molar-refractivity contribution is -0.596. The van der Waals surface area contributed by atoms with E-state index in [1.54, 1.807) is 0 Å². The molecule has 38 heavy (non-hydrogen) atoms. The molecule has 2 aliphatic rings. The first kappa shape index (κ1) is 23.0. The van der Waals surface area contributed by atoms with Crippen molar-refractivity contribution in [3.05, 3.63) is 131 Å². The number of fused-ring (bicyclic) bond motifs is 6. The van der Waals surface area contributed by atoms with Crippen LogP contribution in [0, 0.1) is 11.6 Å². The first-order valence-electron chi connectivity index (χ1n) is 13.0. The summed E-state index contributed by atoms with van der Waals surface area (Å²) in [7, 11) is 0. The van der Waals surface area contributed by atoms with E-state index in [9.17, 15) is 8.78 Å². The van der Waals surface area contributed by atoms with Gasteiger partial charge in [0.25, 0.3) is 0 Å². The minimum atomic E-state index is -0.233. The summed E-state index contributed by atoms with van der Waals surface area (Å²) in [5.74, 6) is -0.465. The molecular weight excluding hydrogens is 474 g/mol. The van der Waals surface area contributed by atoms with Crippen molar-refractivity contribution in [2.45, 2.75) is 38.5 Å². The maximum Gasteiger partial charge on any atom is 0.210 e. The standard InChI is InChI=1S/C34H28F2N2/c1-33(2)29-17-28-26-14-16-38(24-11-7-22(36)8-12-24)20-32(26)34(3,4)30(28)18-27(29)25-13-15-37(19-31(25)33)23-9-5-21(35)6-10-23/h5-20H,1-4H3/q+2. The third-order valence-electron chi connectivity index (χ3n) is 8.60. The van der Waals surface area contributed by atoms with Crippen molar-refractivity contribution in [2.24, 2.45) is 0 Å². The topological polar surface area (TPSA) is 7.76 Å². The lowest BCUT2D eigenvalue weighted by Gasteiger charge is -2.23. The molecule has 0 spiro atoms. The van der Waals surface area contributed by atoms with Crippen LogP contribution in [0.4, 0.5) is 8.78 Å². The number of benzene rings is 3. The van der Waals surface area contributed by atoms with Gasteiger partial charge in [-0.05, 0) is 69.8 Å². The van der Waals surface area contributed by atoms with Crippen molar-refractivity contribution in [2.75, 3.05) is 0 Å². The van der Waals surface area contributed by atoms with E-state index in [0.29, 0.717) is 0 Å². The Balaban J connectivity index is 1.36. The molecule has 0 amide bonds. The van der Waals surface area contributed by atoms with Crippen molar-refractivity contribution in [3.8, 4) is 33.6 Å². The number of hydrogen-bond donors (Lipinski definition) is 0. The molecule has 0 saturated carbocycles. The number of nitrogens with zero attached hydrogens (tertiary/aromatic N) is 2. The molecule has 0 N–H and O–H groups in total. The van der Waals surface area contributed by atoms with Gasteiger partial charge in [-0.1, -0.05) is 27.7 Å². The SMILES string of the molecule is CC1(C)c2cc3c(cc2-c2cc[n+](-c4ccc(F)cc4)cc21)C(C)(C)c1c[n+](-c2ccc(F)cc2)ccc1-3. The van der Waals surface area contributed by atoms with Crippen molar-refractivity contribution >= 4 is 0 Å². The lowest BCUT2D eigenvalue weighted by atomic mass is 9.79. The third kappa shape index (κ3) is 3.16. The summed E-state index contributed by atoms with van der Waals surface area (Å²) in [5.41, 5.74) is 11.7. The minimum absolute atomic E-state index is 0.182. The molecule has 3 aromatic carbocycles. The van der Waals surface area contributed by atoms with E-state index in [1.165, 1.54) is 68.8 Å². The van der Waals surface area contributed by atoms with E-state index in [4.69, 9.17) is 0 Å². The maximum absolute atomic E-state index is 13.5.